The van der Waals surface area contributed by atoms with Gasteiger partial charge >= 0.3 is 0 Å². The Morgan fingerprint density at radius 3 is 2.78 bits per heavy atom. The summed E-state index contributed by atoms with van der Waals surface area (Å²) in [7, 11) is 0. The smallest absolute Gasteiger partial charge is 0.257 e. The molecule has 1 saturated carbocycles. The number of carbonyl (C=O) groups excluding carboxylic acids is 1. The second-order valence-corrected chi connectivity index (χ2v) is 7.64. The van der Waals surface area contributed by atoms with Gasteiger partial charge in [-0.05, 0) is 56.2 Å². The summed E-state index contributed by atoms with van der Waals surface area (Å²) >= 11 is 7.56. The van der Waals surface area contributed by atoms with Gasteiger partial charge in [0.15, 0.2) is 0 Å². The van der Waals surface area contributed by atoms with Crippen LogP contribution in [0.25, 0.3) is 0 Å². The summed E-state index contributed by atoms with van der Waals surface area (Å²) in [5.74, 6) is -0.582. The number of halogens is 2. The molecule has 1 fully saturated rings. The first-order chi connectivity index (χ1) is 13.0. The number of nitrogens with one attached hydrogen (secondary N) is 1. The van der Waals surface area contributed by atoms with E-state index < -0.39 is 11.7 Å². The summed E-state index contributed by atoms with van der Waals surface area (Å²) in [6.07, 6.45) is 5.22. The Kier molecular flexibility index (Phi) is 6.57. The third-order valence-corrected chi connectivity index (χ3v) is 5.65. The summed E-state index contributed by atoms with van der Waals surface area (Å²) in [5.41, 5.74) is 0.0294. The molecule has 1 amide bonds. The normalized spacial score (nSPS) is 19.6. The number of carbonyl (C=O) groups is 1. The number of aromatic nitrogens is 1. The second-order valence-electron chi connectivity index (χ2n) is 6.38. The van der Waals surface area contributed by atoms with Gasteiger partial charge in [-0.15, -0.1) is 11.8 Å². The van der Waals surface area contributed by atoms with Crippen LogP contribution in [-0.2, 0) is 0 Å². The standard InChI is InChI=1S/C19H20ClFN2O3S/c1-27-17-9-14(6-7-16(17)20)26-19-15(8-11(21)10-22-19)18(25)23-12-2-4-13(24)5-3-12/h6-10,12-13,24H,2-5H2,1H3,(H,23,25). The van der Waals surface area contributed by atoms with E-state index in [1.165, 1.54) is 11.8 Å². The molecular weight excluding hydrogens is 391 g/mol. The molecule has 0 unspecified atom stereocenters. The second kappa shape index (κ2) is 8.91. The number of aliphatic hydroxyl groups excluding tert-OH is 1. The fraction of sp³-hybridized carbons (Fsp3) is 0.368. The Hall–Kier alpha value is -1.83. The minimum absolute atomic E-state index is 0.0270. The maximum atomic E-state index is 13.7. The van der Waals surface area contributed by atoms with Crippen molar-refractivity contribution < 1.29 is 19.0 Å². The quantitative estimate of drug-likeness (QED) is 0.714. The van der Waals surface area contributed by atoms with Gasteiger partial charge in [-0.2, -0.15) is 0 Å². The molecule has 2 aromatic rings. The molecule has 1 aromatic carbocycles. The number of amides is 1. The SMILES string of the molecule is CSc1cc(Oc2ncc(F)cc2C(=O)NC2CCC(O)CC2)ccc1Cl. The lowest BCUT2D eigenvalue weighted by Gasteiger charge is -2.26. The number of rotatable bonds is 5. The molecule has 0 saturated heterocycles. The van der Waals surface area contributed by atoms with Crippen LogP contribution in [0.5, 0.6) is 11.6 Å². The lowest BCUT2D eigenvalue weighted by atomic mass is 9.93. The van der Waals surface area contributed by atoms with E-state index >= 15 is 0 Å². The van der Waals surface area contributed by atoms with Crippen LogP contribution in [-0.4, -0.2) is 34.4 Å². The Morgan fingerprint density at radius 1 is 1.33 bits per heavy atom. The predicted molar refractivity (Wildman–Crippen MR) is 103 cm³/mol. The molecule has 27 heavy (non-hydrogen) atoms. The van der Waals surface area contributed by atoms with E-state index in [9.17, 15) is 14.3 Å². The fourth-order valence-corrected chi connectivity index (χ4v) is 3.82. The van der Waals surface area contributed by atoms with Gasteiger partial charge < -0.3 is 15.2 Å². The highest BCUT2D eigenvalue weighted by molar-refractivity contribution is 7.98. The Bertz CT molecular complexity index is 829. The number of ether oxygens (including phenoxy) is 1. The summed E-state index contributed by atoms with van der Waals surface area (Å²) < 4.78 is 19.4. The van der Waals surface area contributed by atoms with E-state index in [2.05, 4.69) is 10.3 Å². The average molecular weight is 411 g/mol. The minimum Gasteiger partial charge on any atom is -0.438 e. The summed E-state index contributed by atoms with van der Waals surface area (Å²) in [6, 6.07) is 6.15. The summed E-state index contributed by atoms with van der Waals surface area (Å²) in [4.78, 5) is 17.4. The Morgan fingerprint density at radius 2 is 2.07 bits per heavy atom. The summed E-state index contributed by atoms with van der Waals surface area (Å²) in [6.45, 7) is 0. The third kappa shape index (κ3) is 5.12. The van der Waals surface area contributed by atoms with Crippen molar-refractivity contribution >= 4 is 29.3 Å². The lowest BCUT2D eigenvalue weighted by molar-refractivity contribution is 0.0864. The van der Waals surface area contributed by atoms with Gasteiger partial charge in [0.1, 0.15) is 17.1 Å². The first-order valence-electron chi connectivity index (χ1n) is 8.62. The number of hydrogen-bond donors (Lipinski definition) is 2. The van der Waals surface area contributed by atoms with Crippen molar-refractivity contribution in [1.82, 2.24) is 10.3 Å². The molecule has 1 aromatic heterocycles. The fourth-order valence-electron chi connectivity index (χ4n) is 2.97. The molecule has 1 heterocycles. The van der Waals surface area contributed by atoms with Crippen LogP contribution < -0.4 is 10.1 Å². The zero-order valence-corrected chi connectivity index (χ0v) is 16.3. The van der Waals surface area contributed by atoms with Crippen molar-refractivity contribution in [3.63, 3.8) is 0 Å². The van der Waals surface area contributed by atoms with Crippen LogP contribution in [0.1, 0.15) is 36.0 Å². The van der Waals surface area contributed by atoms with Crippen molar-refractivity contribution in [2.75, 3.05) is 6.26 Å². The largest absolute Gasteiger partial charge is 0.438 e. The maximum absolute atomic E-state index is 13.7. The van der Waals surface area contributed by atoms with Gasteiger partial charge in [0.2, 0.25) is 5.88 Å². The van der Waals surface area contributed by atoms with E-state index in [-0.39, 0.29) is 23.6 Å². The van der Waals surface area contributed by atoms with Crippen LogP contribution in [0.4, 0.5) is 4.39 Å². The number of thioether (sulfide) groups is 1. The van der Waals surface area contributed by atoms with E-state index in [1.54, 1.807) is 18.2 Å². The predicted octanol–water partition coefficient (Wildman–Crippen LogP) is 4.42. The molecule has 3 rings (SSSR count). The molecule has 0 bridgehead atoms. The van der Waals surface area contributed by atoms with Crippen molar-refractivity contribution in [2.45, 2.75) is 42.7 Å². The van der Waals surface area contributed by atoms with Crippen molar-refractivity contribution in [1.29, 1.82) is 0 Å². The number of hydrogen-bond acceptors (Lipinski definition) is 5. The lowest BCUT2D eigenvalue weighted by Crippen LogP contribution is -2.38. The zero-order chi connectivity index (χ0) is 19.4. The van der Waals surface area contributed by atoms with Gasteiger partial charge in [-0.1, -0.05) is 11.6 Å². The molecule has 5 nitrogen and oxygen atoms in total. The highest BCUT2D eigenvalue weighted by Gasteiger charge is 2.24. The molecule has 2 N–H and O–H groups in total. The van der Waals surface area contributed by atoms with Crippen LogP contribution in [0.2, 0.25) is 5.02 Å². The van der Waals surface area contributed by atoms with Crippen molar-refractivity contribution in [2.24, 2.45) is 0 Å². The molecule has 1 aliphatic rings. The van der Waals surface area contributed by atoms with Gasteiger partial charge in [0.05, 0.1) is 17.3 Å². The number of pyridine rings is 1. The highest BCUT2D eigenvalue weighted by Crippen LogP contribution is 2.32. The van der Waals surface area contributed by atoms with Crippen LogP contribution in [0.3, 0.4) is 0 Å². The molecule has 0 radical (unpaired) electrons. The van der Waals surface area contributed by atoms with Gasteiger partial charge in [0, 0.05) is 10.9 Å². The first kappa shape index (κ1) is 19.9. The monoisotopic (exact) mass is 410 g/mol. The van der Waals surface area contributed by atoms with Crippen LogP contribution in [0.15, 0.2) is 35.4 Å². The Balaban J connectivity index is 1.79. The minimum atomic E-state index is -0.618. The van der Waals surface area contributed by atoms with E-state index in [0.717, 1.165) is 17.2 Å². The van der Waals surface area contributed by atoms with Crippen molar-refractivity contribution in [3.8, 4) is 11.6 Å². The van der Waals surface area contributed by atoms with E-state index in [4.69, 9.17) is 16.3 Å². The Labute approximate surface area is 166 Å². The van der Waals surface area contributed by atoms with Gasteiger partial charge in [-0.3, -0.25) is 4.79 Å². The number of aliphatic hydroxyl groups is 1. The first-order valence-corrected chi connectivity index (χ1v) is 10.2. The zero-order valence-electron chi connectivity index (χ0n) is 14.7. The molecule has 0 atom stereocenters. The molecule has 8 heteroatoms. The van der Waals surface area contributed by atoms with Crippen molar-refractivity contribution in [3.05, 3.63) is 46.9 Å². The van der Waals surface area contributed by atoms with Gasteiger partial charge in [0.25, 0.3) is 5.91 Å². The summed E-state index contributed by atoms with van der Waals surface area (Å²) in [5, 5.41) is 13.1. The molecule has 144 valence electrons. The molecule has 0 spiro atoms. The number of nitrogens with zero attached hydrogens (tertiary/aromatic N) is 1. The van der Waals surface area contributed by atoms with Crippen LogP contribution >= 0.6 is 23.4 Å². The van der Waals surface area contributed by atoms with E-state index in [1.807, 2.05) is 6.26 Å². The third-order valence-electron chi connectivity index (χ3n) is 4.43. The van der Waals surface area contributed by atoms with E-state index in [0.29, 0.717) is 36.5 Å². The molecule has 1 aliphatic carbocycles. The van der Waals surface area contributed by atoms with Gasteiger partial charge in [-0.25, -0.2) is 9.37 Å². The maximum Gasteiger partial charge on any atom is 0.257 e. The highest BCUT2D eigenvalue weighted by atomic mass is 35.5. The topological polar surface area (TPSA) is 71.5 Å². The molecular formula is C19H20ClFN2O3S. The average Bonchev–Trinajstić information content (AvgIpc) is 2.66. The molecule has 0 aliphatic heterocycles. The number of benzene rings is 1. The van der Waals surface area contributed by atoms with Crippen LogP contribution in [0, 0.1) is 5.82 Å².